The summed E-state index contributed by atoms with van der Waals surface area (Å²) < 4.78 is 0. The SMILES string of the molecule is Cc1ccc(-c2c3ccc(C)cc3c(C#N)c3c(-c4ccc(C)cc4)c4ccc(C)cc4c(C#N)c23)cc1. The zero-order chi connectivity index (χ0) is 26.6. The van der Waals surface area contributed by atoms with Gasteiger partial charge in [0.1, 0.15) is 12.1 Å². The van der Waals surface area contributed by atoms with E-state index < -0.39 is 0 Å². The Morgan fingerprint density at radius 3 is 1.11 bits per heavy atom. The average Bonchev–Trinajstić information content (AvgIpc) is 2.92. The summed E-state index contributed by atoms with van der Waals surface area (Å²) in [5.74, 6) is 0. The van der Waals surface area contributed by atoms with Gasteiger partial charge in [0.2, 0.25) is 0 Å². The molecule has 6 aromatic carbocycles. The Balaban J connectivity index is 2.01. The second-order valence-corrected chi connectivity index (χ2v) is 10.3. The first-order valence-corrected chi connectivity index (χ1v) is 12.8. The highest BCUT2D eigenvalue weighted by Crippen LogP contribution is 2.48. The van der Waals surface area contributed by atoms with Crippen molar-refractivity contribution >= 4 is 32.3 Å². The lowest BCUT2D eigenvalue weighted by atomic mass is 9.80. The predicted molar refractivity (Wildman–Crippen MR) is 158 cm³/mol. The summed E-state index contributed by atoms with van der Waals surface area (Å²) in [6, 6.07) is 34.7. The summed E-state index contributed by atoms with van der Waals surface area (Å²) in [4.78, 5) is 0. The van der Waals surface area contributed by atoms with Gasteiger partial charge in [-0.05, 0) is 60.7 Å². The van der Waals surface area contributed by atoms with E-state index in [0.29, 0.717) is 11.1 Å². The van der Waals surface area contributed by atoms with E-state index >= 15 is 0 Å². The molecular weight excluding hydrogens is 460 g/mol. The summed E-state index contributed by atoms with van der Waals surface area (Å²) in [6.45, 7) is 8.27. The van der Waals surface area contributed by atoms with Crippen LogP contribution in [0.25, 0.3) is 54.6 Å². The second kappa shape index (κ2) is 8.88. The van der Waals surface area contributed by atoms with Crippen molar-refractivity contribution in [1.29, 1.82) is 10.5 Å². The first kappa shape index (κ1) is 23.5. The Hall–Kier alpha value is -4.92. The van der Waals surface area contributed by atoms with Gasteiger partial charge in [-0.15, -0.1) is 0 Å². The molecule has 0 radical (unpaired) electrons. The molecule has 2 nitrogen and oxygen atoms in total. The molecule has 2 heteroatoms. The van der Waals surface area contributed by atoms with Crippen molar-refractivity contribution in [3.05, 3.63) is 118 Å². The summed E-state index contributed by atoms with van der Waals surface area (Å²) in [7, 11) is 0. The van der Waals surface area contributed by atoms with E-state index in [9.17, 15) is 10.5 Å². The minimum atomic E-state index is 0.615. The third-order valence-corrected chi connectivity index (χ3v) is 7.58. The van der Waals surface area contributed by atoms with Gasteiger partial charge in [-0.3, -0.25) is 0 Å². The molecule has 38 heavy (non-hydrogen) atoms. The fourth-order valence-electron chi connectivity index (χ4n) is 5.73. The fraction of sp³-hybridized carbons (Fsp3) is 0.111. The maximum Gasteiger partial charge on any atom is 0.100 e. The van der Waals surface area contributed by atoms with Crippen LogP contribution >= 0.6 is 0 Å². The number of hydrogen-bond donors (Lipinski definition) is 0. The minimum Gasteiger partial charge on any atom is -0.192 e. The first-order valence-electron chi connectivity index (χ1n) is 12.8. The molecule has 0 spiro atoms. The van der Waals surface area contributed by atoms with Crippen LogP contribution < -0.4 is 0 Å². The molecule has 0 unspecified atom stereocenters. The van der Waals surface area contributed by atoms with E-state index in [1.807, 2.05) is 0 Å². The Labute approximate surface area is 223 Å². The monoisotopic (exact) mass is 486 g/mol. The minimum absolute atomic E-state index is 0.615. The fourth-order valence-corrected chi connectivity index (χ4v) is 5.73. The van der Waals surface area contributed by atoms with E-state index in [1.54, 1.807) is 0 Å². The van der Waals surface area contributed by atoms with E-state index in [2.05, 4.69) is 125 Å². The standard InChI is InChI=1S/C36H26N2/c1-21-5-11-25(12-6-21)33-27-15-9-23(3)17-29(27)32(20-38)36-34(26-13-7-22(2)8-14-26)28-16-10-24(4)18-30(28)31(19-37)35(33)36/h5-18H,1-4H3. The molecule has 0 aliphatic rings. The largest absolute Gasteiger partial charge is 0.192 e. The highest BCUT2D eigenvalue weighted by molar-refractivity contribution is 6.27. The average molecular weight is 487 g/mol. The van der Waals surface area contributed by atoms with Gasteiger partial charge < -0.3 is 0 Å². The van der Waals surface area contributed by atoms with Gasteiger partial charge in [0.15, 0.2) is 0 Å². The molecule has 0 saturated heterocycles. The Bertz CT molecular complexity index is 1850. The van der Waals surface area contributed by atoms with E-state index in [4.69, 9.17) is 0 Å². The van der Waals surface area contributed by atoms with Crippen molar-refractivity contribution in [1.82, 2.24) is 0 Å². The van der Waals surface area contributed by atoms with Crippen LogP contribution in [0.1, 0.15) is 33.4 Å². The van der Waals surface area contributed by atoms with Crippen LogP contribution in [-0.4, -0.2) is 0 Å². The van der Waals surface area contributed by atoms with Crippen molar-refractivity contribution in [3.8, 4) is 34.4 Å². The zero-order valence-electron chi connectivity index (χ0n) is 22.0. The number of hydrogen-bond acceptors (Lipinski definition) is 2. The van der Waals surface area contributed by atoms with Crippen molar-refractivity contribution in [3.63, 3.8) is 0 Å². The molecule has 0 heterocycles. The van der Waals surface area contributed by atoms with Gasteiger partial charge in [-0.25, -0.2) is 0 Å². The van der Waals surface area contributed by atoms with Gasteiger partial charge in [0.25, 0.3) is 0 Å². The number of benzene rings is 6. The van der Waals surface area contributed by atoms with Crippen LogP contribution in [0.2, 0.25) is 0 Å². The topological polar surface area (TPSA) is 47.6 Å². The van der Waals surface area contributed by atoms with Crippen molar-refractivity contribution in [2.24, 2.45) is 0 Å². The zero-order valence-corrected chi connectivity index (χ0v) is 22.0. The number of nitrogens with zero attached hydrogens (tertiary/aromatic N) is 2. The van der Waals surface area contributed by atoms with Crippen LogP contribution in [-0.2, 0) is 0 Å². The molecule has 0 N–H and O–H groups in total. The predicted octanol–water partition coefficient (Wildman–Crippen LogP) is 9.46. The summed E-state index contributed by atoms with van der Waals surface area (Å²) in [6.07, 6.45) is 0. The third kappa shape index (κ3) is 3.54. The molecule has 0 saturated carbocycles. The lowest BCUT2D eigenvalue weighted by Crippen LogP contribution is -1.98. The highest BCUT2D eigenvalue weighted by Gasteiger charge is 2.24. The molecule has 0 atom stereocenters. The van der Waals surface area contributed by atoms with Gasteiger partial charge in [-0.1, -0.05) is 107 Å². The molecule has 0 aromatic heterocycles. The smallest absolute Gasteiger partial charge is 0.100 e. The molecule has 0 aliphatic carbocycles. The summed E-state index contributed by atoms with van der Waals surface area (Å²) >= 11 is 0. The van der Waals surface area contributed by atoms with Gasteiger partial charge >= 0.3 is 0 Å². The van der Waals surface area contributed by atoms with Crippen LogP contribution in [0.3, 0.4) is 0 Å². The van der Waals surface area contributed by atoms with E-state index in [-0.39, 0.29) is 0 Å². The molecule has 0 amide bonds. The maximum atomic E-state index is 10.7. The van der Waals surface area contributed by atoms with Crippen molar-refractivity contribution < 1.29 is 0 Å². The normalized spacial score (nSPS) is 11.1. The van der Waals surface area contributed by atoms with E-state index in [0.717, 1.165) is 65.7 Å². The van der Waals surface area contributed by atoms with Gasteiger partial charge in [-0.2, -0.15) is 10.5 Å². The lowest BCUT2D eigenvalue weighted by Gasteiger charge is -2.21. The van der Waals surface area contributed by atoms with Crippen LogP contribution in [0.4, 0.5) is 0 Å². The summed E-state index contributed by atoms with van der Waals surface area (Å²) in [5, 5.41) is 26.9. The van der Waals surface area contributed by atoms with Gasteiger partial charge in [0, 0.05) is 21.5 Å². The van der Waals surface area contributed by atoms with E-state index in [1.165, 1.54) is 11.1 Å². The number of nitriles is 2. The molecule has 6 aromatic rings. The maximum absolute atomic E-state index is 10.7. The number of fused-ring (bicyclic) bond motifs is 3. The highest BCUT2D eigenvalue weighted by atomic mass is 14.3. The first-order chi connectivity index (χ1) is 18.4. The molecule has 180 valence electrons. The van der Waals surface area contributed by atoms with Crippen LogP contribution in [0, 0.1) is 50.4 Å². The molecular formula is C36H26N2. The van der Waals surface area contributed by atoms with Crippen molar-refractivity contribution in [2.45, 2.75) is 27.7 Å². The molecule has 0 bridgehead atoms. The quantitative estimate of drug-likeness (QED) is 0.229. The van der Waals surface area contributed by atoms with Gasteiger partial charge in [0.05, 0.1) is 11.1 Å². The molecule has 6 rings (SSSR count). The number of aryl methyl sites for hydroxylation is 4. The van der Waals surface area contributed by atoms with Crippen molar-refractivity contribution in [2.75, 3.05) is 0 Å². The molecule has 0 aliphatic heterocycles. The third-order valence-electron chi connectivity index (χ3n) is 7.58. The number of rotatable bonds is 2. The Morgan fingerprint density at radius 1 is 0.421 bits per heavy atom. The molecule has 0 fully saturated rings. The van der Waals surface area contributed by atoms with Crippen LogP contribution in [0.5, 0.6) is 0 Å². The Kier molecular flexibility index (Phi) is 5.48. The van der Waals surface area contributed by atoms with Crippen LogP contribution in [0.15, 0.2) is 84.9 Å². The summed E-state index contributed by atoms with van der Waals surface area (Å²) in [5.41, 5.74) is 9.85. The second-order valence-electron chi connectivity index (χ2n) is 10.3. The Morgan fingerprint density at radius 2 is 0.763 bits per heavy atom. The lowest BCUT2D eigenvalue weighted by molar-refractivity contribution is 1.46.